The first-order valence-electron chi connectivity index (χ1n) is 6.78. The molecule has 1 aliphatic heterocycles. The second-order valence-corrected chi connectivity index (χ2v) is 8.31. The van der Waals surface area contributed by atoms with E-state index in [9.17, 15) is 9.67 Å². The van der Waals surface area contributed by atoms with E-state index in [1.165, 1.54) is 17.6 Å². The van der Waals surface area contributed by atoms with Gasteiger partial charge in [-0.15, -0.1) is 0 Å². The summed E-state index contributed by atoms with van der Waals surface area (Å²) in [7, 11) is -3.45. The maximum absolute atomic E-state index is 12.9. The Hall–Kier alpha value is -0.590. The number of nitrogens with zero attached hydrogens (tertiary/aromatic N) is 2. The van der Waals surface area contributed by atoms with Crippen LogP contribution in [0.15, 0.2) is 28.3 Å². The summed E-state index contributed by atoms with van der Waals surface area (Å²) in [5.41, 5.74) is -1.30. The minimum Gasteiger partial charge on any atom is -0.366 e. The normalized spacial score (nSPS) is 24.3. The standard InChI is InChI=1S/C13H21N2O4PS/c1-9(2)18-20(17,19-10(3)4)8-11-13(5,16)15-7-6-14-12(15)21-11/h6-10,16H,1-5H3/b11-8-. The minimum atomic E-state index is -3.45. The van der Waals surface area contributed by atoms with Crippen molar-refractivity contribution in [1.82, 2.24) is 9.55 Å². The van der Waals surface area contributed by atoms with E-state index in [4.69, 9.17) is 9.05 Å². The number of thioether (sulfide) groups is 1. The molecule has 0 aliphatic carbocycles. The number of fused-ring (bicyclic) bond motifs is 1. The molecule has 0 amide bonds. The highest BCUT2D eigenvalue weighted by molar-refractivity contribution is 8.03. The van der Waals surface area contributed by atoms with Crippen LogP contribution in [0, 0.1) is 0 Å². The van der Waals surface area contributed by atoms with Gasteiger partial charge in [-0.1, -0.05) is 11.8 Å². The summed E-state index contributed by atoms with van der Waals surface area (Å²) >= 11 is 1.26. The van der Waals surface area contributed by atoms with E-state index >= 15 is 0 Å². The van der Waals surface area contributed by atoms with Gasteiger partial charge in [0.05, 0.1) is 17.1 Å². The molecule has 118 valence electrons. The summed E-state index contributed by atoms with van der Waals surface area (Å²) in [6, 6.07) is 0. The Morgan fingerprint density at radius 2 is 1.95 bits per heavy atom. The van der Waals surface area contributed by atoms with Crippen molar-refractivity contribution >= 4 is 19.4 Å². The molecule has 0 spiro atoms. The Bertz CT molecular complexity index is 581. The van der Waals surface area contributed by atoms with Gasteiger partial charge < -0.3 is 14.2 Å². The molecule has 8 heteroatoms. The molecular weight excluding hydrogens is 311 g/mol. The van der Waals surface area contributed by atoms with Crippen molar-refractivity contribution in [3.63, 3.8) is 0 Å². The fourth-order valence-corrected chi connectivity index (χ4v) is 5.39. The van der Waals surface area contributed by atoms with Crippen molar-refractivity contribution in [2.45, 2.75) is 57.7 Å². The van der Waals surface area contributed by atoms with Crippen LogP contribution >= 0.6 is 19.4 Å². The third-order valence-corrected chi connectivity index (χ3v) is 6.12. The fraction of sp³-hybridized carbons (Fsp3) is 0.615. The molecule has 2 rings (SSSR count). The predicted octanol–water partition coefficient (Wildman–Crippen LogP) is 3.54. The highest BCUT2D eigenvalue weighted by Gasteiger charge is 2.41. The van der Waals surface area contributed by atoms with E-state index < -0.39 is 13.3 Å². The highest BCUT2D eigenvalue weighted by atomic mass is 32.2. The summed E-state index contributed by atoms with van der Waals surface area (Å²) in [5.74, 6) is 1.41. The monoisotopic (exact) mass is 332 g/mol. The van der Waals surface area contributed by atoms with Gasteiger partial charge in [0.1, 0.15) is 0 Å². The predicted molar refractivity (Wildman–Crippen MR) is 82.1 cm³/mol. The molecule has 2 heterocycles. The Kier molecular flexibility index (Phi) is 4.71. The quantitative estimate of drug-likeness (QED) is 0.832. The average Bonchev–Trinajstić information content (AvgIpc) is 2.80. The van der Waals surface area contributed by atoms with E-state index in [-0.39, 0.29) is 12.2 Å². The molecule has 1 unspecified atom stereocenters. The average molecular weight is 332 g/mol. The Morgan fingerprint density at radius 1 is 1.38 bits per heavy atom. The SMILES string of the molecule is CC(C)OP(=O)(/C=C1\Sc2nccn2C1(C)O)OC(C)C. The Morgan fingerprint density at radius 3 is 2.43 bits per heavy atom. The van der Waals surface area contributed by atoms with E-state index in [1.54, 1.807) is 51.6 Å². The van der Waals surface area contributed by atoms with Crippen LogP contribution in [0.1, 0.15) is 34.6 Å². The van der Waals surface area contributed by atoms with Crippen LogP contribution in [0.3, 0.4) is 0 Å². The van der Waals surface area contributed by atoms with Crippen molar-refractivity contribution in [2.24, 2.45) is 0 Å². The van der Waals surface area contributed by atoms with Crippen LogP contribution in [0.2, 0.25) is 0 Å². The number of imidazole rings is 1. The minimum absolute atomic E-state index is 0.250. The summed E-state index contributed by atoms with van der Waals surface area (Å²) in [6.07, 6.45) is 2.79. The Labute approximate surface area is 129 Å². The number of aliphatic hydroxyl groups is 1. The van der Waals surface area contributed by atoms with Crippen LogP contribution < -0.4 is 0 Å². The zero-order chi connectivity index (χ0) is 15.8. The largest absolute Gasteiger partial charge is 0.366 e. The zero-order valence-electron chi connectivity index (χ0n) is 12.8. The van der Waals surface area contributed by atoms with Gasteiger partial charge >= 0.3 is 7.60 Å². The Balaban J connectivity index is 2.36. The van der Waals surface area contributed by atoms with E-state index in [0.717, 1.165) is 0 Å². The lowest BCUT2D eigenvalue weighted by molar-refractivity contribution is 0.0265. The lowest BCUT2D eigenvalue weighted by atomic mass is 10.2. The molecular formula is C13H21N2O4PS. The first kappa shape index (κ1) is 16.8. The smallest absolute Gasteiger partial charge is 0.355 e. The summed E-state index contributed by atoms with van der Waals surface area (Å²) < 4.78 is 25.5. The number of rotatable bonds is 5. The molecule has 1 aromatic rings. The van der Waals surface area contributed by atoms with Crippen molar-refractivity contribution in [2.75, 3.05) is 0 Å². The second-order valence-electron chi connectivity index (χ2n) is 5.54. The molecule has 1 aromatic heterocycles. The van der Waals surface area contributed by atoms with Gasteiger partial charge in [-0.2, -0.15) is 0 Å². The van der Waals surface area contributed by atoms with Crippen LogP contribution in [0.4, 0.5) is 0 Å². The van der Waals surface area contributed by atoms with E-state index in [2.05, 4.69) is 4.98 Å². The van der Waals surface area contributed by atoms with Crippen LogP contribution in [0.25, 0.3) is 0 Å². The van der Waals surface area contributed by atoms with Gasteiger partial charge in [0.2, 0.25) is 0 Å². The fourth-order valence-electron chi connectivity index (χ4n) is 1.98. The van der Waals surface area contributed by atoms with Gasteiger partial charge in [0.15, 0.2) is 10.9 Å². The van der Waals surface area contributed by atoms with E-state index in [0.29, 0.717) is 10.1 Å². The second kappa shape index (κ2) is 5.89. The molecule has 1 atom stereocenters. The number of aromatic nitrogens is 2. The molecule has 0 fully saturated rings. The van der Waals surface area contributed by atoms with Crippen LogP contribution in [-0.4, -0.2) is 26.9 Å². The lowest BCUT2D eigenvalue weighted by Gasteiger charge is -2.24. The molecule has 0 bridgehead atoms. The molecule has 0 saturated heterocycles. The number of hydrogen-bond donors (Lipinski definition) is 1. The molecule has 1 N–H and O–H groups in total. The third kappa shape index (κ3) is 3.60. The van der Waals surface area contributed by atoms with Gasteiger partial charge in [0, 0.05) is 18.2 Å². The third-order valence-electron chi connectivity index (χ3n) is 2.73. The molecule has 6 nitrogen and oxygen atoms in total. The van der Waals surface area contributed by atoms with Gasteiger partial charge in [-0.3, -0.25) is 9.13 Å². The molecule has 1 aliphatic rings. The van der Waals surface area contributed by atoms with Gasteiger partial charge in [-0.25, -0.2) is 4.98 Å². The summed E-state index contributed by atoms with van der Waals surface area (Å²) in [5, 5.41) is 11.3. The van der Waals surface area contributed by atoms with Crippen LogP contribution in [0.5, 0.6) is 0 Å². The summed E-state index contributed by atoms with van der Waals surface area (Å²) in [6.45, 7) is 8.79. The highest BCUT2D eigenvalue weighted by Crippen LogP contribution is 2.57. The van der Waals surface area contributed by atoms with Crippen molar-refractivity contribution < 1.29 is 18.7 Å². The van der Waals surface area contributed by atoms with Crippen molar-refractivity contribution in [1.29, 1.82) is 0 Å². The topological polar surface area (TPSA) is 73.6 Å². The van der Waals surface area contributed by atoms with Crippen LogP contribution in [-0.2, 0) is 19.3 Å². The maximum atomic E-state index is 12.9. The number of hydrogen-bond acceptors (Lipinski definition) is 6. The van der Waals surface area contributed by atoms with E-state index in [1.807, 2.05) is 0 Å². The van der Waals surface area contributed by atoms with Gasteiger partial charge in [-0.05, 0) is 34.6 Å². The molecule has 0 aromatic carbocycles. The lowest BCUT2D eigenvalue weighted by Crippen LogP contribution is -2.26. The van der Waals surface area contributed by atoms with Gasteiger partial charge in [0.25, 0.3) is 0 Å². The van der Waals surface area contributed by atoms with Crippen molar-refractivity contribution in [3.8, 4) is 0 Å². The molecule has 0 radical (unpaired) electrons. The maximum Gasteiger partial charge on any atom is 0.355 e. The summed E-state index contributed by atoms with van der Waals surface area (Å²) in [4.78, 5) is 4.64. The first-order chi connectivity index (χ1) is 9.64. The van der Waals surface area contributed by atoms with Crippen molar-refractivity contribution in [3.05, 3.63) is 23.1 Å². The first-order valence-corrected chi connectivity index (χ1v) is 9.21. The zero-order valence-corrected chi connectivity index (χ0v) is 14.5. The molecule has 0 saturated carbocycles. The molecule has 21 heavy (non-hydrogen) atoms.